The quantitative estimate of drug-likeness (QED) is 0.898. The van der Waals surface area contributed by atoms with Gasteiger partial charge in [-0.25, -0.2) is 0 Å². The highest BCUT2D eigenvalue weighted by molar-refractivity contribution is 5.75. The minimum atomic E-state index is -0.400. The standard InChI is InChI=1S/C18H26N2O2/c1-11(21)19-17(3,4)15-13-8-7-9-14(10-13)16(15)18(5,6)20-12(2)22/h7-10,15-16H,1-6H3,(H,19,21)(H,20,22). The first-order chi connectivity index (χ1) is 10.0. The minimum Gasteiger partial charge on any atom is -0.351 e. The zero-order valence-corrected chi connectivity index (χ0v) is 14.3. The Morgan fingerprint density at radius 3 is 1.55 bits per heavy atom. The summed E-state index contributed by atoms with van der Waals surface area (Å²) in [5, 5.41) is 6.15. The Bertz CT molecular complexity index is 556. The van der Waals surface area contributed by atoms with E-state index in [0.29, 0.717) is 0 Å². The van der Waals surface area contributed by atoms with Gasteiger partial charge in [-0.05, 0) is 38.8 Å². The van der Waals surface area contributed by atoms with Crippen LogP contribution in [0, 0.1) is 0 Å². The smallest absolute Gasteiger partial charge is 0.217 e. The lowest BCUT2D eigenvalue weighted by Crippen LogP contribution is -2.55. The first-order valence-electron chi connectivity index (χ1n) is 7.72. The summed E-state index contributed by atoms with van der Waals surface area (Å²) in [6.45, 7) is 11.3. The van der Waals surface area contributed by atoms with Crippen molar-refractivity contribution in [3.63, 3.8) is 0 Å². The number of benzene rings is 1. The highest BCUT2D eigenvalue weighted by Crippen LogP contribution is 2.51. The largest absolute Gasteiger partial charge is 0.351 e. The predicted octanol–water partition coefficient (Wildman–Crippen LogP) is 2.70. The van der Waals surface area contributed by atoms with Gasteiger partial charge >= 0.3 is 0 Å². The minimum absolute atomic E-state index is 0.0407. The van der Waals surface area contributed by atoms with Crippen molar-refractivity contribution in [2.45, 2.75) is 64.5 Å². The molecule has 2 N–H and O–H groups in total. The van der Waals surface area contributed by atoms with Crippen molar-refractivity contribution >= 4 is 11.8 Å². The molecule has 0 saturated carbocycles. The molecule has 2 amide bonds. The van der Waals surface area contributed by atoms with Crippen LogP contribution in [-0.4, -0.2) is 22.9 Å². The van der Waals surface area contributed by atoms with E-state index in [4.69, 9.17) is 0 Å². The molecule has 2 bridgehead atoms. The van der Waals surface area contributed by atoms with Gasteiger partial charge in [0.2, 0.25) is 11.8 Å². The predicted molar refractivity (Wildman–Crippen MR) is 87.7 cm³/mol. The van der Waals surface area contributed by atoms with Crippen molar-refractivity contribution < 1.29 is 9.59 Å². The average molecular weight is 302 g/mol. The molecule has 1 aromatic carbocycles. The number of carbonyl (C=O) groups excluding carboxylic acids is 2. The van der Waals surface area contributed by atoms with E-state index in [2.05, 4.69) is 28.8 Å². The number of hydrogen-bond donors (Lipinski definition) is 2. The third-order valence-corrected chi connectivity index (χ3v) is 4.51. The summed E-state index contributed by atoms with van der Waals surface area (Å²) in [6, 6.07) is 8.43. The highest BCUT2D eigenvalue weighted by atomic mass is 16.2. The number of carbonyl (C=O) groups is 2. The Kier molecular flexibility index (Phi) is 4.07. The molecule has 0 saturated heterocycles. The molecule has 2 atom stereocenters. The van der Waals surface area contributed by atoms with E-state index in [1.807, 2.05) is 33.8 Å². The van der Waals surface area contributed by atoms with Crippen LogP contribution >= 0.6 is 0 Å². The Morgan fingerprint density at radius 2 is 1.23 bits per heavy atom. The van der Waals surface area contributed by atoms with Crippen LogP contribution in [0.15, 0.2) is 24.3 Å². The van der Waals surface area contributed by atoms with Crippen molar-refractivity contribution in [3.05, 3.63) is 35.4 Å². The van der Waals surface area contributed by atoms with E-state index in [9.17, 15) is 9.59 Å². The molecule has 4 heteroatoms. The van der Waals surface area contributed by atoms with Gasteiger partial charge in [-0.2, -0.15) is 0 Å². The third-order valence-electron chi connectivity index (χ3n) is 4.51. The molecule has 4 nitrogen and oxygen atoms in total. The lowest BCUT2D eigenvalue weighted by Gasteiger charge is -2.44. The summed E-state index contributed by atoms with van der Waals surface area (Å²) < 4.78 is 0. The molecule has 0 heterocycles. The SMILES string of the molecule is CC(=O)NC(C)(C)C1c2cccc(c2)C1C(C)(C)NC(C)=O. The Morgan fingerprint density at radius 1 is 0.864 bits per heavy atom. The Balaban J connectivity index is 2.45. The first-order valence-corrected chi connectivity index (χ1v) is 7.72. The summed E-state index contributed by atoms with van der Waals surface area (Å²) in [5.74, 6) is 0.147. The number of amides is 2. The van der Waals surface area contributed by atoms with Crippen molar-refractivity contribution in [3.8, 4) is 0 Å². The van der Waals surface area contributed by atoms with Gasteiger partial charge in [-0.3, -0.25) is 9.59 Å². The van der Waals surface area contributed by atoms with Gasteiger partial charge < -0.3 is 10.6 Å². The zero-order valence-electron chi connectivity index (χ0n) is 14.3. The maximum atomic E-state index is 11.6. The van der Waals surface area contributed by atoms with Crippen LogP contribution in [0.1, 0.15) is 64.5 Å². The van der Waals surface area contributed by atoms with Gasteiger partial charge in [0.05, 0.1) is 0 Å². The summed E-state index contributed by atoms with van der Waals surface area (Å²) in [5.41, 5.74) is 1.62. The van der Waals surface area contributed by atoms with Crippen LogP contribution in [0.5, 0.6) is 0 Å². The second kappa shape index (κ2) is 5.41. The van der Waals surface area contributed by atoms with Gasteiger partial charge in [0, 0.05) is 36.8 Å². The third kappa shape index (κ3) is 3.01. The van der Waals surface area contributed by atoms with Crippen molar-refractivity contribution in [2.24, 2.45) is 0 Å². The Hall–Kier alpha value is -1.84. The fourth-order valence-corrected chi connectivity index (χ4v) is 4.06. The molecular weight excluding hydrogens is 276 g/mol. The maximum Gasteiger partial charge on any atom is 0.217 e. The topological polar surface area (TPSA) is 58.2 Å². The molecule has 0 radical (unpaired) electrons. The summed E-state index contributed by atoms with van der Waals surface area (Å²) in [7, 11) is 0. The van der Waals surface area contributed by atoms with Gasteiger partial charge in [0.25, 0.3) is 0 Å². The zero-order chi connectivity index (χ0) is 16.7. The number of nitrogens with one attached hydrogen (secondary N) is 2. The van der Waals surface area contributed by atoms with Crippen LogP contribution in [0.3, 0.4) is 0 Å². The molecular formula is C18H26N2O2. The van der Waals surface area contributed by atoms with Crippen LogP contribution in [0.4, 0.5) is 0 Å². The molecule has 0 aliphatic heterocycles. The van der Waals surface area contributed by atoms with Gasteiger partial charge in [-0.1, -0.05) is 24.3 Å². The molecule has 0 fully saturated rings. The maximum absolute atomic E-state index is 11.6. The normalized spacial score (nSPS) is 20.6. The summed E-state index contributed by atoms with van der Waals surface area (Å²) >= 11 is 0. The molecule has 1 aliphatic rings. The lowest BCUT2D eigenvalue weighted by molar-refractivity contribution is -0.122. The van der Waals surface area contributed by atoms with E-state index in [-0.39, 0.29) is 23.7 Å². The second-order valence-corrected chi connectivity index (χ2v) is 7.43. The van der Waals surface area contributed by atoms with Gasteiger partial charge in [0.15, 0.2) is 0 Å². The van der Waals surface area contributed by atoms with E-state index < -0.39 is 11.1 Å². The molecule has 0 aromatic heterocycles. The molecule has 1 aliphatic carbocycles. The number of rotatable bonds is 4. The van der Waals surface area contributed by atoms with Crippen LogP contribution in [-0.2, 0) is 9.59 Å². The van der Waals surface area contributed by atoms with Crippen molar-refractivity contribution in [1.29, 1.82) is 0 Å². The van der Waals surface area contributed by atoms with Crippen LogP contribution in [0.2, 0.25) is 0 Å². The van der Waals surface area contributed by atoms with Crippen molar-refractivity contribution in [1.82, 2.24) is 10.6 Å². The highest BCUT2D eigenvalue weighted by Gasteiger charge is 2.48. The molecule has 2 unspecified atom stereocenters. The van der Waals surface area contributed by atoms with Crippen LogP contribution in [0.25, 0.3) is 0 Å². The van der Waals surface area contributed by atoms with Gasteiger partial charge in [-0.15, -0.1) is 0 Å². The van der Waals surface area contributed by atoms with E-state index in [1.54, 1.807) is 13.8 Å². The summed E-state index contributed by atoms with van der Waals surface area (Å²) in [4.78, 5) is 23.2. The monoisotopic (exact) mass is 302 g/mol. The summed E-state index contributed by atoms with van der Waals surface area (Å²) in [6.07, 6.45) is 0. The first kappa shape index (κ1) is 16.5. The average Bonchev–Trinajstić information content (AvgIpc) is 2.58. The van der Waals surface area contributed by atoms with Crippen molar-refractivity contribution in [2.75, 3.05) is 0 Å². The Labute approximate surface area is 132 Å². The molecule has 2 rings (SSSR count). The van der Waals surface area contributed by atoms with Crippen LogP contribution < -0.4 is 10.6 Å². The lowest BCUT2D eigenvalue weighted by atomic mass is 9.69. The van der Waals surface area contributed by atoms with E-state index in [0.717, 1.165) is 0 Å². The molecule has 120 valence electrons. The van der Waals surface area contributed by atoms with Gasteiger partial charge in [0.1, 0.15) is 0 Å². The fraction of sp³-hybridized carbons (Fsp3) is 0.556. The van der Waals surface area contributed by atoms with E-state index in [1.165, 1.54) is 11.1 Å². The molecule has 22 heavy (non-hydrogen) atoms. The molecule has 0 spiro atoms. The molecule has 1 aromatic rings. The second-order valence-electron chi connectivity index (χ2n) is 7.43. The number of fused-ring (bicyclic) bond motifs is 2. The number of hydrogen-bond acceptors (Lipinski definition) is 2. The fourth-order valence-electron chi connectivity index (χ4n) is 4.06. The van der Waals surface area contributed by atoms with E-state index >= 15 is 0 Å².